The first-order chi connectivity index (χ1) is 8.61. The number of ether oxygens (including phenoxy) is 1. The molecule has 98 valence electrons. The van der Waals surface area contributed by atoms with Crippen molar-refractivity contribution >= 4 is 5.78 Å². The third-order valence-electron chi connectivity index (χ3n) is 3.84. The Labute approximate surface area is 108 Å². The number of rotatable bonds is 3. The molecule has 1 fully saturated rings. The van der Waals surface area contributed by atoms with Gasteiger partial charge in [-0.15, -0.1) is 0 Å². The summed E-state index contributed by atoms with van der Waals surface area (Å²) in [6, 6.07) is 5.94. The summed E-state index contributed by atoms with van der Waals surface area (Å²) in [6.07, 6.45) is 3.77. The largest absolute Gasteiger partial charge is 0.497 e. The van der Waals surface area contributed by atoms with E-state index in [1.54, 1.807) is 7.11 Å². The van der Waals surface area contributed by atoms with Crippen molar-refractivity contribution in [2.75, 3.05) is 7.11 Å². The fraction of sp³-hybridized carbons (Fsp3) is 0.533. The van der Waals surface area contributed by atoms with Crippen molar-refractivity contribution < 1.29 is 9.53 Å². The Bertz CT molecular complexity index is 434. The van der Waals surface area contributed by atoms with Crippen LogP contribution in [0.15, 0.2) is 18.2 Å². The maximum absolute atomic E-state index is 12.4. The third-order valence-corrected chi connectivity index (χ3v) is 3.84. The molecule has 2 N–H and O–H groups in total. The second-order valence-corrected chi connectivity index (χ2v) is 5.16. The predicted octanol–water partition coefficient (Wildman–Crippen LogP) is 2.70. The minimum Gasteiger partial charge on any atom is -0.497 e. The molecule has 1 aliphatic carbocycles. The van der Waals surface area contributed by atoms with E-state index in [-0.39, 0.29) is 17.7 Å². The summed E-state index contributed by atoms with van der Waals surface area (Å²) in [5.41, 5.74) is 7.70. The van der Waals surface area contributed by atoms with E-state index in [1.807, 2.05) is 25.1 Å². The van der Waals surface area contributed by atoms with Gasteiger partial charge in [-0.05, 0) is 56.4 Å². The Morgan fingerprint density at radius 3 is 2.50 bits per heavy atom. The quantitative estimate of drug-likeness (QED) is 0.835. The first kappa shape index (κ1) is 13.1. The topological polar surface area (TPSA) is 52.3 Å². The van der Waals surface area contributed by atoms with Gasteiger partial charge in [0.15, 0.2) is 5.78 Å². The molecule has 1 aromatic rings. The molecule has 0 radical (unpaired) electrons. The number of aryl methyl sites for hydroxylation is 1. The molecule has 2 rings (SSSR count). The molecule has 0 aromatic heterocycles. The number of hydrogen-bond acceptors (Lipinski definition) is 3. The van der Waals surface area contributed by atoms with Crippen LogP contribution in [0.25, 0.3) is 0 Å². The van der Waals surface area contributed by atoms with Crippen molar-refractivity contribution in [3.05, 3.63) is 29.3 Å². The maximum atomic E-state index is 12.4. The second kappa shape index (κ2) is 5.53. The SMILES string of the molecule is COc1ccc(C(=O)C2CCC(N)CC2)c(C)c1. The zero-order chi connectivity index (χ0) is 13.1. The molecule has 3 heteroatoms. The number of methoxy groups -OCH3 is 1. The van der Waals surface area contributed by atoms with Gasteiger partial charge in [0.2, 0.25) is 0 Å². The van der Waals surface area contributed by atoms with Crippen LogP contribution in [0.2, 0.25) is 0 Å². The number of carbonyl (C=O) groups excluding carboxylic acids is 1. The van der Waals surface area contributed by atoms with Gasteiger partial charge in [-0.2, -0.15) is 0 Å². The highest BCUT2D eigenvalue weighted by Crippen LogP contribution is 2.28. The van der Waals surface area contributed by atoms with Gasteiger partial charge in [-0.3, -0.25) is 4.79 Å². The molecule has 1 saturated carbocycles. The molecule has 0 unspecified atom stereocenters. The van der Waals surface area contributed by atoms with Gasteiger partial charge in [0.1, 0.15) is 5.75 Å². The first-order valence-corrected chi connectivity index (χ1v) is 6.56. The Morgan fingerprint density at radius 2 is 1.94 bits per heavy atom. The number of benzene rings is 1. The van der Waals surface area contributed by atoms with Gasteiger partial charge in [0.05, 0.1) is 7.11 Å². The van der Waals surface area contributed by atoms with E-state index < -0.39 is 0 Å². The van der Waals surface area contributed by atoms with Crippen molar-refractivity contribution in [2.24, 2.45) is 11.7 Å². The molecule has 0 atom stereocenters. The molecular weight excluding hydrogens is 226 g/mol. The lowest BCUT2D eigenvalue weighted by Gasteiger charge is -2.25. The minimum absolute atomic E-state index is 0.150. The molecule has 0 saturated heterocycles. The Kier molecular flexibility index (Phi) is 4.02. The van der Waals surface area contributed by atoms with Crippen LogP contribution in [0, 0.1) is 12.8 Å². The summed E-state index contributed by atoms with van der Waals surface area (Å²) >= 11 is 0. The van der Waals surface area contributed by atoms with Crippen LogP contribution < -0.4 is 10.5 Å². The van der Waals surface area contributed by atoms with Gasteiger partial charge < -0.3 is 10.5 Å². The number of hydrogen-bond donors (Lipinski definition) is 1. The zero-order valence-corrected chi connectivity index (χ0v) is 11.1. The lowest BCUT2D eigenvalue weighted by atomic mass is 9.81. The van der Waals surface area contributed by atoms with Crippen molar-refractivity contribution in [3.8, 4) is 5.75 Å². The van der Waals surface area contributed by atoms with Crippen LogP contribution in [0.4, 0.5) is 0 Å². The van der Waals surface area contributed by atoms with E-state index >= 15 is 0 Å². The molecule has 1 aromatic carbocycles. The monoisotopic (exact) mass is 247 g/mol. The van der Waals surface area contributed by atoms with Crippen LogP contribution >= 0.6 is 0 Å². The van der Waals surface area contributed by atoms with Gasteiger partial charge >= 0.3 is 0 Å². The zero-order valence-electron chi connectivity index (χ0n) is 11.1. The number of carbonyl (C=O) groups is 1. The number of Topliss-reactive ketones (excluding diaryl/α,β-unsaturated/α-hetero) is 1. The normalized spacial score (nSPS) is 23.7. The lowest BCUT2D eigenvalue weighted by Crippen LogP contribution is -2.30. The van der Waals surface area contributed by atoms with Crippen molar-refractivity contribution in [1.82, 2.24) is 0 Å². The summed E-state index contributed by atoms with van der Waals surface area (Å²) in [6.45, 7) is 1.96. The summed E-state index contributed by atoms with van der Waals surface area (Å²) < 4.78 is 5.16. The standard InChI is InChI=1S/C15H21NO2/c1-10-9-13(18-2)7-8-14(10)15(17)11-3-5-12(16)6-4-11/h7-9,11-12H,3-6,16H2,1-2H3. The van der Waals surface area contributed by atoms with Crippen molar-refractivity contribution in [2.45, 2.75) is 38.6 Å². The predicted molar refractivity (Wildman–Crippen MR) is 72.0 cm³/mol. The number of ketones is 1. The van der Waals surface area contributed by atoms with Gasteiger partial charge in [-0.1, -0.05) is 0 Å². The highest BCUT2D eigenvalue weighted by Gasteiger charge is 2.26. The molecule has 1 aliphatic rings. The fourth-order valence-electron chi connectivity index (χ4n) is 2.64. The van der Waals surface area contributed by atoms with E-state index in [1.165, 1.54) is 0 Å². The molecular formula is C15H21NO2. The van der Waals surface area contributed by atoms with Crippen molar-refractivity contribution in [3.63, 3.8) is 0 Å². The third kappa shape index (κ3) is 2.72. The van der Waals surface area contributed by atoms with E-state index in [2.05, 4.69) is 0 Å². The number of nitrogens with two attached hydrogens (primary N) is 1. The van der Waals surface area contributed by atoms with Crippen LogP contribution in [-0.4, -0.2) is 18.9 Å². The van der Waals surface area contributed by atoms with Gasteiger partial charge in [0, 0.05) is 17.5 Å². The average molecular weight is 247 g/mol. The second-order valence-electron chi connectivity index (χ2n) is 5.16. The molecule has 0 spiro atoms. The molecule has 0 bridgehead atoms. The lowest BCUT2D eigenvalue weighted by molar-refractivity contribution is 0.0884. The molecule has 0 aliphatic heterocycles. The summed E-state index contributed by atoms with van der Waals surface area (Å²) in [7, 11) is 1.64. The first-order valence-electron chi connectivity index (χ1n) is 6.56. The molecule has 0 heterocycles. The highest BCUT2D eigenvalue weighted by atomic mass is 16.5. The van der Waals surface area contributed by atoms with Crippen LogP contribution in [0.1, 0.15) is 41.6 Å². The Hall–Kier alpha value is -1.35. The van der Waals surface area contributed by atoms with Gasteiger partial charge in [-0.25, -0.2) is 0 Å². The Morgan fingerprint density at radius 1 is 1.28 bits per heavy atom. The molecule has 3 nitrogen and oxygen atoms in total. The van der Waals surface area contributed by atoms with Crippen LogP contribution in [0.5, 0.6) is 5.75 Å². The van der Waals surface area contributed by atoms with Crippen LogP contribution in [0.3, 0.4) is 0 Å². The van der Waals surface area contributed by atoms with Crippen molar-refractivity contribution in [1.29, 1.82) is 0 Å². The van der Waals surface area contributed by atoms with E-state index in [0.717, 1.165) is 42.6 Å². The fourth-order valence-corrected chi connectivity index (χ4v) is 2.64. The van der Waals surface area contributed by atoms with E-state index in [4.69, 9.17) is 10.5 Å². The molecule has 0 amide bonds. The highest BCUT2D eigenvalue weighted by molar-refractivity contribution is 5.99. The summed E-state index contributed by atoms with van der Waals surface area (Å²) in [5.74, 6) is 1.22. The van der Waals surface area contributed by atoms with E-state index in [0.29, 0.717) is 0 Å². The molecule has 18 heavy (non-hydrogen) atoms. The van der Waals surface area contributed by atoms with Crippen LogP contribution in [-0.2, 0) is 0 Å². The smallest absolute Gasteiger partial charge is 0.166 e. The minimum atomic E-state index is 0.150. The van der Waals surface area contributed by atoms with Gasteiger partial charge in [0.25, 0.3) is 0 Å². The maximum Gasteiger partial charge on any atom is 0.166 e. The summed E-state index contributed by atoms with van der Waals surface area (Å²) in [5, 5.41) is 0. The van der Waals surface area contributed by atoms with E-state index in [9.17, 15) is 4.79 Å². The summed E-state index contributed by atoms with van der Waals surface area (Å²) in [4.78, 5) is 12.4. The average Bonchev–Trinajstić information content (AvgIpc) is 2.38. The Balaban J connectivity index is 2.13.